The summed E-state index contributed by atoms with van der Waals surface area (Å²) in [6.07, 6.45) is 0. The molecule has 0 saturated carbocycles. The third-order valence-corrected chi connectivity index (χ3v) is 3.51. The van der Waals surface area contributed by atoms with Crippen molar-refractivity contribution in [3.8, 4) is 0 Å². The van der Waals surface area contributed by atoms with E-state index < -0.39 is 22.8 Å². The summed E-state index contributed by atoms with van der Waals surface area (Å²) in [7, 11) is 2.85. The van der Waals surface area contributed by atoms with Gasteiger partial charge in [0.1, 0.15) is 11.4 Å². The van der Waals surface area contributed by atoms with Crippen LogP contribution in [0.25, 0.3) is 11.2 Å². The summed E-state index contributed by atoms with van der Waals surface area (Å²) in [6, 6.07) is 0. The summed E-state index contributed by atoms with van der Waals surface area (Å²) >= 11 is 0. The van der Waals surface area contributed by atoms with E-state index in [1.165, 1.54) is 37.1 Å². The molecule has 0 saturated heterocycles. The first-order chi connectivity index (χ1) is 9.10. The van der Waals surface area contributed by atoms with Crippen LogP contribution in [0.4, 0.5) is 0 Å². The number of nitrogens with zero attached hydrogens (tertiary/aromatic N) is 4. The first-order valence-corrected chi connectivity index (χ1v) is 5.99. The Hall–Kier alpha value is -2.38. The van der Waals surface area contributed by atoms with Crippen molar-refractivity contribution < 1.29 is 9.90 Å². The van der Waals surface area contributed by atoms with Crippen molar-refractivity contribution in [3.63, 3.8) is 0 Å². The lowest BCUT2D eigenvalue weighted by Gasteiger charge is -2.23. The average molecular weight is 280 g/mol. The van der Waals surface area contributed by atoms with E-state index in [-0.39, 0.29) is 11.2 Å². The van der Waals surface area contributed by atoms with Gasteiger partial charge in [0, 0.05) is 14.1 Å². The molecule has 0 amide bonds. The van der Waals surface area contributed by atoms with E-state index in [1.807, 2.05) is 0 Å². The van der Waals surface area contributed by atoms with Gasteiger partial charge in [-0.2, -0.15) is 0 Å². The topological polar surface area (TPSA) is 99.1 Å². The number of imidazole rings is 1. The molecule has 108 valence electrons. The summed E-state index contributed by atoms with van der Waals surface area (Å²) in [4.78, 5) is 39.8. The minimum Gasteiger partial charge on any atom is -0.480 e. The van der Waals surface area contributed by atoms with Crippen LogP contribution in [0.15, 0.2) is 9.59 Å². The maximum atomic E-state index is 12.3. The molecule has 0 aromatic carbocycles. The van der Waals surface area contributed by atoms with Gasteiger partial charge in [-0.25, -0.2) is 14.6 Å². The summed E-state index contributed by atoms with van der Waals surface area (Å²) < 4.78 is 3.53. The molecular weight excluding hydrogens is 264 g/mol. The molecule has 2 heterocycles. The Kier molecular flexibility index (Phi) is 2.85. The fourth-order valence-corrected chi connectivity index (χ4v) is 2.28. The minimum atomic E-state index is -1.34. The van der Waals surface area contributed by atoms with Crippen molar-refractivity contribution >= 4 is 17.1 Å². The van der Waals surface area contributed by atoms with E-state index in [2.05, 4.69) is 4.98 Å². The Bertz CT molecular complexity index is 838. The van der Waals surface area contributed by atoms with Gasteiger partial charge < -0.3 is 9.67 Å². The molecule has 0 fully saturated rings. The second-order valence-corrected chi connectivity index (χ2v) is 5.24. The molecule has 0 unspecified atom stereocenters. The molecule has 0 atom stereocenters. The first kappa shape index (κ1) is 14.0. The van der Waals surface area contributed by atoms with Crippen molar-refractivity contribution in [1.82, 2.24) is 18.7 Å². The maximum Gasteiger partial charge on any atom is 0.332 e. The van der Waals surface area contributed by atoms with Gasteiger partial charge in [-0.3, -0.25) is 13.9 Å². The van der Waals surface area contributed by atoms with Gasteiger partial charge in [-0.05, 0) is 20.8 Å². The van der Waals surface area contributed by atoms with Crippen molar-refractivity contribution in [2.45, 2.75) is 26.3 Å². The Morgan fingerprint density at radius 3 is 2.25 bits per heavy atom. The monoisotopic (exact) mass is 280 g/mol. The van der Waals surface area contributed by atoms with E-state index in [0.717, 1.165) is 4.57 Å². The summed E-state index contributed by atoms with van der Waals surface area (Å²) in [5.74, 6) is -0.721. The third-order valence-electron chi connectivity index (χ3n) is 3.51. The van der Waals surface area contributed by atoms with Crippen molar-refractivity contribution in [2.24, 2.45) is 14.1 Å². The minimum absolute atomic E-state index is 0.111. The normalized spacial score (nSPS) is 12.1. The van der Waals surface area contributed by atoms with Crippen molar-refractivity contribution in [1.29, 1.82) is 0 Å². The highest BCUT2D eigenvalue weighted by molar-refractivity contribution is 5.80. The average Bonchev–Trinajstić information content (AvgIpc) is 2.71. The predicted molar refractivity (Wildman–Crippen MR) is 71.9 cm³/mol. The molecule has 0 bridgehead atoms. The number of hydrogen-bond donors (Lipinski definition) is 1. The number of aliphatic carboxylic acids is 1. The number of carbonyl (C=O) groups is 1. The van der Waals surface area contributed by atoms with Gasteiger partial charge in [0.2, 0.25) is 0 Å². The van der Waals surface area contributed by atoms with Gasteiger partial charge in [0.25, 0.3) is 5.56 Å². The summed E-state index contributed by atoms with van der Waals surface area (Å²) in [5.41, 5.74) is -2.11. The Balaban J connectivity index is 3.11. The molecule has 2 aromatic heterocycles. The zero-order chi connectivity index (χ0) is 15.4. The van der Waals surface area contributed by atoms with Crippen LogP contribution in [-0.4, -0.2) is 29.8 Å². The fourth-order valence-electron chi connectivity index (χ4n) is 2.28. The van der Waals surface area contributed by atoms with Crippen molar-refractivity contribution in [3.05, 3.63) is 26.7 Å². The summed E-state index contributed by atoms with van der Waals surface area (Å²) in [6.45, 7) is 4.57. The second kappa shape index (κ2) is 4.06. The summed E-state index contributed by atoms with van der Waals surface area (Å²) in [5, 5.41) is 9.36. The molecule has 0 spiro atoms. The highest BCUT2D eigenvalue weighted by Crippen LogP contribution is 2.22. The van der Waals surface area contributed by atoms with E-state index in [1.54, 1.807) is 6.92 Å². The van der Waals surface area contributed by atoms with Crippen LogP contribution in [0.2, 0.25) is 0 Å². The van der Waals surface area contributed by atoms with Crippen molar-refractivity contribution in [2.75, 3.05) is 0 Å². The number of rotatable bonds is 2. The van der Waals surface area contributed by atoms with Gasteiger partial charge in [0.05, 0.1) is 0 Å². The van der Waals surface area contributed by atoms with Crippen LogP contribution >= 0.6 is 0 Å². The Labute approximate surface area is 113 Å². The van der Waals surface area contributed by atoms with Gasteiger partial charge in [-0.15, -0.1) is 0 Å². The lowest BCUT2D eigenvalue weighted by molar-refractivity contribution is -0.145. The predicted octanol–water partition coefficient (Wildman–Crippen LogP) is -0.438. The van der Waals surface area contributed by atoms with Crippen LogP contribution in [-0.2, 0) is 24.4 Å². The van der Waals surface area contributed by atoms with Crippen LogP contribution in [0, 0.1) is 6.92 Å². The standard InChI is InChI=1S/C12H16N4O4/c1-6-13-8-7(16(6)12(2,3)10(18)19)9(17)15(5)11(20)14(8)4/h1-5H3,(H,18,19). The molecule has 0 aliphatic heterocycles. The smallest absolute Gasteiger partial charge is 0.332 e. The number of aromatic nitrogens is 4. The molecule has 20 heavy (non-hydrogen) atoms. The van der Waals surface area contributed by atoms with Crippen LogP contribution in [0.5, 0.6) is 0 Å². The maximum absolute atomic E-state index is 12.3. The zero-order valence-electron chi connectivity index (χ0n) is 12.0. The first-order valence-electron chi connectivity index (χ1n) is 5.99. The molecule has 8 heteroatoms. The second-order valence-electron chi connectivity index (χ2n) is 5.24. The highest BCUT2D eigenvalue weighted by atomic mass is 16.4. The van der Waals surface area contributed by atoms with Crippen LogP contribution in [0.3, 0.4) is 0 Å². The Morgan fingerprint density at radius 1 is 1.20 bits per heavy atom. The quantitative estimate of drug-likeness (QED) is 0.804. The van der Waals surface area contributed by atoms with Gasteiger partial charge in [-0.1, -0.05) is 0 Å². The number of carboxylic acid groups (broad SMARTS) is 1. The van der Waals surface area contributed by atoms with Gasteiger partial charge in [0.15, 0.2) is 11.2 Å². The van der Waals surface area contributed by atoms with Crippen LogP contribution in [0.1, 0.15) is 19.7 Å². The molecule has 8 nitrogen and oxygen atoms in total. The van der Waals surface area contributed by atoms with E-state index in [9.17, 15) is 19.5 Å². The molecular formula is C12H16N4O4. The number of aryl methyl sites for hydroxylation is 2. The third kappa shape index (κ3) is 1.60. The Morgan fingerprint density at radius 2 is 1.75 bits per heavy atom. The van der Waals surface area contributed by atoms with Crippen LogP contribution < -0.4 is 11.2 Å². The van der Waals surface area contributed by atoms with E-state index in [4.69, 9.17) is 0 Å². The molecule has 1 N–H and O–H groups in total. The number of fused-ring (bicyclic) bond motifs is 1. The van der Waals surface area contributed by atoms with E-state index >= 15 is 0 Å². The lowest BCUT2D eigenvalue weighted by Crippen LogP contribution is -2.41. The van der Waals surface area contributed by atoms with E-state index in [0.29, 0.717) is 5.82 Å². The molecule has 2 rings (SSSR count). The molecule has 2 aromatic rings. The zero-order valence-corrected chi connectivity index (χ0v) is 12.0. The largest absolute Gasteiger partial charge is 0.480 e. The SMILES string of the molecule is Cc1nc2c(c(=O)n(C)c(=O)n2C)n1C(C)(C)C(=O)O. The fraction of sp³-hybridized carbons (Fsp3) is 0.500. The number of carboxylic acids is 1. The molecule has 0 radical (unpaired) electrons. The molecule has 0 aliphatic rings. The number of hydrogen-bond acceptors (Lipinski definition) is 4. The van der Waals surface area contributed by atoms with Gasteiger partial charge >= 0.3 is 11.7 Å². The lowest BCUT2D eigenvalue weighted by atomic mass is 10.1. The molecule has 0 aliphatic carbocycles. The highest BCUT2D eigenvalue weighted by Gasteiger charge is 2.34.